The number of carbonyl (C=O) groups is 2. The van der Waals surface area contributed by atoms with Crippen molar-refractivity contribution >= 4 is 17.5 Å². The van der Waals surface area contributed by atoms with Crippen molar-refractivity contribution in [2.75, 3.05) is 11.9 Å². The molecule has 0 bridgehead atoms. The van der Waals surface area contributed by atoms with Gasteiger partial charge in [-0.2, -0.15) is 0 Å². The van der Waals surface area contributed by atoms with Crippen molar-refractivity contribution in [3.63, 3.8) is 0 Å². The molecule has 1 aromatic heterocycles. The number of aromatic nitrogens is 1. The molecule has 1 atom stereocenters. The first kappa shape index (κ1) is 17.9. The minimum Gasteiger partial charge on any atom is -0.352 e. The number of fused-ring (bicyclic) bond motifs is 1. The number of para-hydroxylation sites is 1. The number of anilines is 1. The van der Waals surface area contributed by atoms with Crippen LogP contribution in [0, 0.1) is 5.92 Å². The minimum absolute atomic E-state index is 0.0455. The second kappa shape index (κ2) is 7.56. The maximum atomic E-state index is 12.4. The molecule has 1 aliphatic heterocycles. The maximum Gasteiger partial charge on any atom is 0.251 e. The summed E-state index contributed by atoms with van der Waals surface area (Å²) in [7, 11) is 0. The molecular formula is C20H23N3O3. The van der Waals surface area contributed by atoms with E-state index in [-0.39, 0.29) is 23.3 Å². The van der Waals surface area contributed by atoms with Crippen LogP contribution in [0.4, 0.5) is 5.69 Å². The molecule has 0 aliphatic carbocycles. The third-order valence-electron chi connectivity index (χ3n) is 4.42. The molecule has 2 amide bonds. The number of carbonyl (C=O) groups excluding carboxylic acids is 2. The third kappa shape index (κ3) is 4.02. The van der Waals surface area contributed by atoms with Crippen LogP contribution >= 0.6 is 0 Å². The topological polar surface area (TPSA) is 91.1 Å². The van der Waals surface area contributed by atoms with Gasteiger partial charge in [0, 0.05) is 29.6 Å². The van der Waals surface area contributed by atoms with Crippen LogP contribution in [-0.2, 0) is 11.2 Å². The molecule has 0 fully saturated rings. The molecule has 0 radical (unpaired) electrons. The molecular weight excluding hydrogens is 330 g/mol. The Bertz CT molecular complexity index is 886. The summed E-state index contributed by atoms with van der Waals surface area (Å²) in [5, 5.41) is 5.67. The third-order valence-corrected chi connectivity index (χ3v) is 4.42. The van der Waals surface area contributed by atoms with Gasteiger partial charge in [-0.1, -0.05) is 32.0 Å². The average molecular weight is 353 g/mol. The van der Waals surface area contributed by atoms with E-state index in [1.54, 1.807) is 6.07 Å². The van der Waals surface area contributed by atoms with Gasteiger partial charge in [-0.3, -0.25) is 14.4 Å². The molecule has 2 heterocycles. The number of rotatable bonds is 6. The van der Waals surface area contributed by atoms with Crippen LogP contribution in [-0.4, -0.2) is 23.3 Å². The highest BCUT2D eigenvalue weighted by Crippen LogP contribution is 2.33. The Labute approximate surface area is 152 Å². The van der Waals surface area contributed by atoms with Gasteiger partial charge in [0.25, 0.3) is 5.91 Å². The Kier molecular flexibility index (Phi) is 5.21. The molecule has 0 spiro atoms. The Morgan fingerprint density at radius 3 is 2.73 bits per heavy atom. The molecule has 0 saturated carbocycles. The van der Waals surface area contributed by atoms with Gasteiger partial charge in [0.1, 0.15) is 0 Å². The van der Waals surface area contributed by atoms with Crippen molar-refractivity contribution in [1.82, 2.24) is 10.3 Å². The number of nitrogens with one attached hydrogen (secondary N) is 3. The first-order valence-corrected chi connectivity index (χ1v) is 8.85. The van der Waals surface area contributed by atoms with E-state index < -0.39 is 0 Å². The van der Waals surface area contributed by atoms with Crippen molar-refractivity contribution in [3.05, 3.63) is 63.6 Å². The van der Waals surface area contributed by atoms with Crippen molar-refractivity contribution in [2.24, 2.45) is 5.92 Å². The maximum absolute atomic E-state index is 12.4. The summed E-state index contributed by atoms with van der Waals surface area (Å²) in [6.07, 6.45) is 1.21. The van der Waals surface area contributed by atoms with Crippen LogP contribution in [0.2, 0.25) is 0 Å². The molecule has 3 N–H and O–H groups in total. The molecule has 1 aliphatic rings. The van der Waals surface area contributed by atoms with Crippen LogP contribution in [0.3, 0.4) is 0 Å². The number of pyridine rings is 1. The van der Waals surface area contributed by atoms with E-state index in [1.807, 2.05) is 24.3 Å². The molecule has 3 rings (SSSR count). The number of H-pyrrole nitrogens is 1. The van der Waals surface area contributed by atoms with E-state index in [9.17, 15) is 14.4 Å². The average Bonchev–Trinajstić information content (AvgIpc) is 2.89. The van der Waals surface area contributed by atoms with Gasteiger partial charge in [-0.25, -0.2) is 0 Å². The van der Waals surface area contributed by atoms with Crippen LogP contribution in [0.25, 0.3) is 0 Å². The van der Waals surface area contributed by atoms with Gasteiger partial charge in [0.05, 0.1) is 5.92 Å². The molecule has 0 saturated heterocycles. The highest BCUT2D eigenvalue weighted by molar-refractivity contribution is 6.02. The van der Waals surface area contributed by atoms with Gasteiger partial charge >= 0.3 is 0 Å². The van der Waals surface area contributed by atoms with Crippen LogP contribution in [0.15, 0.2) is 41.2 Å². The zero-order chi connectivity index (χ0) is 18.7. The Morgan fingerprint density at radius 1 is 1.19 bits per heavy atom. The van der Waals surface area contributed by atoms with E-state index in [0.717, 1.165) is 16.9 Å². The fourth-order valence-electron chi connectivity index (χ4n) is 3.28. The molecule has 0 unspecified atom stereocenters. The lowest BCUT2D eigenvalue weighted by Gasteiger charge is -2.11. The number of benzene rings is 1. The largest absolute Gasteiger partial charge is 0.352 e. The smallest absolute Gasteiger partial charge is 0.251 e. The Hall–Kier alpha value is -2.89. The normalized spacial score (nSPS) is 15.7. The summed E-state index contributed by atoms with van der Waals surface area (Å²) in [5.41, 5.74) is 2.61. The number of hydrogen-bond donors (Lipinski definition) is 3. The first-order chi connectivity index (χ1) is 12.4. The summed E-state index contributed by atoms with van der Waals surface area (Å²) in [6, 6.07) is 10.6. The van der Waals surface area contributed by atoms with Crippen LogP contribution in [0.1, 0.15) is 47.8 Å². The number of aromatic amines is 1. The lowest BCUT2D eigenvalue weighted by atomic mass is 9.97. The molecule has 1 aromatic carbocycles. The lowest BCUT2D eigenvalue weighted by Crippen LogP contribution is -2.28. The van der Waals surface area contributed by atoms with Gasteiger partial charge in [-0.15, -0.1) is 0 Å². The van der Waals surface area contributed by atoms with Gasteiger partial charge < -0.3 is 15.6 Å². The van der Waals surface area contributed by atoms with Crippen LogP contribution in [0.5, 0.6) is 0 Å². The van der Waals surface area contributed by atoms with Gasteiger partial charge in [0.15, 0.2) is 0 Å². The summed E-state index contributed by atoms with van der Waals surface area (Å²) >= 11 is 0. The van der Waals surface area contributed by atoms with Crippen molar-refractivity contribution in [1.29, 1.82) is 0 Å². The Morgan fingerprint density at radius 2 is 1.96 bits per heavy atom. The van der Waals surface area contributed by atoms with E-state index in [1.165, 1.54) is 6.07 Å². The molecule has 136 valence electrons. The quantitative estimate of drug-likeness (QED) is 0.745. The van der Waals surface area contributed by atoms with Crippen molar-refractivity contribution < 1.29 is 9.59 Å². The molecule has 6 heteroatoms. The summed E-state index contributed by atoms with van der Waals surface area (Å²) in [5.74, 6) is -0.226. The van der Waals surface area contributed by atoms with E-state index in [4.69, 9.17) is 0 Å². The number of hydrogen-bond acceptors (Lipinski definition) is 3. The van der Waals surface area contributed by atoms with Crippen LogP contribution < -0.4 is 16.2 Å². The first-order valence-electron chi connectivity index (χ1n) is 8.85. The molecule has 26 heavy (non-hydrogen) atoms. The minimum atomic E-state index is -0.298. The zero-order valence-corrected chi connectivity index (χ0v) is 15.0. The summed E-state index contributed by atoms with van der Waals surface area (Å²) in [6.45, 7) is 4.46. The second-order valence-electron chi connectivity index (χ2n) is 7.03. The molecule has 6 nitrogen and oxygen atoms in total. The van der Waals surface area contributed by atoms with Crippen molar-refractivity contribution in [2.45, 2.75) is 32.6 Å². The standard InChI is InChI=1S/C20H23N3O3/c1-12(2)9-14-10-13(11-18(24)22-14)19(25)21-8-7-16-15-5-3-4-6-17(15)23-20(16)26/h3-6,10-12,16H,7-9H2,1-2H3,(H,21,25)(H,22,24)(H,23,26)/t16-/m0/s1. The fraction of sp³-hybridized carbons (Fsp3) is 0.350. The predicted molar refractivity (Wildman–Crippen MR) is 100 cm³/mol. The van der Waals surface area contributed by atoms with Crippen molar-refractivity contribution in [3.8, 4) is 0 Å². The predicted octanol–water partition coefficient (Wildman–Crippen LogP) is 2.43. The number of amides is 2. The SMILES string of the molecule is CC(C)Cc1cc(C(=O)NCC[C@@H]2C(=O)Nc3ccccc32)cc(=O)[nH]1. The van der Waals surface area contributed by atoms with E-state index >= 15 is 0 Å². The highest BCUT2D eigenvalue weighted by Gasteiger charge is 2.29. The van der Waals surface area contributed by atoms with Gasteiger partial charge in [0.2, 0.25) is 11.5 Å². The second-order valence-corrected chi connectivity index (χ2v) is 7.03. The molecule has 2 aromatic rings. The lowest BCUT2D eigenvalue weighted by molar-refractivity contribution is -0.117. The summed E-state index contributed by atoms with van der Waals surface area (Å²) in [4.78, 5) is 39.0. The fourth-order valence-corrected chi connectivity index (χ4v) is 3.28. The highest BCUT2D eigenvalue weighted by atomic mass is 16.2. The monoisotopic (exact) mass is 353 g/mol. The van der Waals surface area contributed by atoms with E-state index in [2.05, 4.69) is 29.5 Å². The zero-order valence-electron chi connectivity index (χ0n) is 15.0. The van der Waals surface area contributed by atoms with E-state index in [0.29, 0.717) is 30.9 Å². The Balaban J connectivity index is 1.62. The summed E-state index contributed by atoms with van der Waals surface area (Å²) < 4.78 is 0. The van der Waals surface area contributed by atoms with Gasteiger partial charge in [-0.05, 0) is 36.5 Å².